The van der Waals surface area contributed by atoms with Gasteiger partial charge >= 0.3 is 18.0 Å². The molecular weight excluding hydrogens is 413 g/mol. The number of para-hydroxylation sites is 1. The smallest absolute Gasteiger partial charge is 0.376 e. The number of alkyl halides is 3. The summed E-state index contributed by atoms with van der Waals surface area (Å²) < 4.78 is 47.0. The lowest BCUT2D eigenvalue weighted by molar-refractivity contribution is -0.139. The lowest BCUT2D eigenvalue weighted by Crippen LogP contribution is -2.41. The van der Waals surface area contributed by atoms with Gasteiger partial charge in [0.05, 0.1) is 23.6 Å². The summed E-state index contributed by atoms with van der Waals surface area (Å²) in [4.78, 5) is 23.7. The van der Waals surface area contributed by atoms with Crippen LogP contribution >= 0.6 is 0 Å². The zero-order valence-corrected chi connectivity index (χ0v) is 17.1. The van der Waals surface area contributed by atoms with Crippen LogP contribution in [0.25, 0.3) is 5.69 Å². The van der Waals surface area contributed by atoms with Crippen LogP contribution in [-0.2, 0) is 20.5 Å². The molecule has 1 aromatic carbocycles. The van der Waals surface area contributed by atoms with Crippen LogP contribution in [0, 0.1) is 13.8 Å². The van der Waals surface area contributed by atoms with Gasteiger partial charge in [0.2, 0.25) is 0 Å². The van der Waals surface area contributed by atoms with Gasteiger partial charge in [-0.3, -0.25) is 9.59 Å². The summed E-state index contributed by atoms with van der Waals surface area (Å²) in [6, 6.07) is 6.94. The number of rotatable bonds is 5. The SMILES string of the molecule is Cc1cc(/C=N\NC(=O)C(=O)NC[C@H]2CCCO2)c(C)n1-c1ccccc1C(F)(F)F. The standard InChI is InChI=1S/C21H23F3N4O3/c1-13-10-15(11-26-27-20(30)19(29)25-12-16-6-5-9-31-16)14(2)28(13)18-8-4-3-7-17(18)21(22,23)24/h3-4,7-8,10-11,16H,5-6,9,12H2,1-2H3,(H,25,29)(H,27,30)/b26-11-/t16-/m1/s1. The number of carbonyl (C=O) groups excluding carboxylic acids is 2. The van der Waals surface area contributed by atoms with E-state index in [0.717, 1.165) is 18.9 Å². The largest absolute Gasteiger partial charge is 0.418 e. The topological polar surface area (TPSA) is 84.7 Å². The maximum atomic E-state index is 13.4. The minimum absolute atomic E-state index is 0.00203. The summed E-state index contributed by atoms with van der Waals surface area (Å²) in [6.45, 7) is 4.21. The molecular formula is C21H23F3N4O3. The Bertz CT molecular complexity index is 992. The fraction of sp³-hybridized carbons (Fsp3) is 0.381. The average molecular weight is 436 g/mol. The molecule has 166 valence electrons. The molecule has 1 aliphatic heterocycles. The summed E-state index contributed by atoms with van der Waals surface area (Å²) in [5, 5.41) is 6.25. The predicted molar refractivity (Wildman–Crippen MR) is 108 cm³/mol. The van der Waals surface area contributed by atoms with E-state index in [0.29, 0.717) is 23.6 Å². The zero-order chi connectivity index (χ0) is 22.6. The Hall–Kier alpha value is -3.14. The van der Waals surface area contributed by atoms with Crippen LogP contribution in [0.4, 0.5) is 13.2 Å². The van der Waals surface area contributed by atoms with Crippen LogP contribution in [0.15, 0.2) is 35.4 Å². The number of nitrogens with zero attached hydrogens (tertiary/aromatic N) is 2. The highest BCUT2D eigenvalue weighted by Gasteiger charge is 2.34. The van der Waals surface area contributed by atoms with Gasteiger partial charge in [0.1, 0.15) is 0 Å². The molecule has 0 spiro atoms. The van der Waals surface area contributed by atoms with Gasteiger partial charge < -0.3 is 14.6 Å². The number of ether oxygens (including phenoxy) is 1. The number of aryl methyl sites for hydroxylation is 1. The van der Waals surface area contributed by atoms with Crippen molar-refractivity contribution >= 4 is 18.0 Å². The van der Waals surface area contributed by atoms with E-state index >= 15 is 0 Å². The van der Waals surface area contributed by atoms with Gasteiger partial charge in [-0.1, -0.05) is 12.1 Å². The molecule has 1 saturated heterocycles. The zero-order valence-electron chi connectivity index (χ0n) is 17.1. The number of carbonyl (C=O) groups is 2. The monoisotopic (exact) mass is 436 g/mol. The molecule has 31 heavy (non-hydrogen) atoms. The average Bonchev–Trinajstić information content (AvgIpc) is 3.33. The number of aromatic nitrogens is 1. The first-order chi connectivity index (χ1) is 14.7. The van der Waals surface area contributed by atoms with Crippen molar-refractivity contribution in [3.8, 4) is 5.69 Å². The Morgan fingerprint density at radius 3 is 2.68 bits per heavy atom. The first-order valence-corrected chi connectivity index (χ1v) is 9.77. The molecule has 2 amide bonds. The number of benzene rings is 1. The second kappa shape index (κ2) is 9.34. The molecule has 0 unspecified atom stereocenters. The quantitative estimate of drug-likeness (QED) is 0.430. The molecule has 10 heteroatoms. The fourth-order valence-corrected chi connectivity index (χ4v) is 3.50. The number of amides is 2. The number of nitrogens with one attached hydrogen (secondary N) is 2. The molecule has 1 fully saturated rings. The first-order valence-electron chi connectivity index (χ1n) is 9.77. The normalized spacial score (nSPS) is 16.6. The fourth-order valence-electron chi connectivity index (χ4n) is 3.50. The van der Waals surface area contributed by atoms with Gasteiger partial charge in [-0.15, -0.1) is 0 Å². The van der Waals surface area contributed by atoms with E-state index in [1.807, 2.05) is 0 Å². The number of halogens is 3. The van der Waals surface area contributed by atoms with E-state index in [-0.39, 0.29) is 18.3 Å². The molecule has 0 radical (unpaired) electrons. The van der Waals surface area contributed by atoms with Crippen LogP contribution < -0.4 is 10.7 Å². The van der Waals surface area contributed by atoms with Crippen molar-refractivity contribution < 1.29 is 27.5 Å². The summed E-state index contributed by atoms with van der Waals surface area (Å²) >= 11 is 0. The van der Waals surface area contributed by atoms with E-state index in [1.54, 1.807) is 19.9 Å². The lowest BCUT2D eigenvalue weighted by atomic mass is 10.1. The maximum absolute atomic E-state index is 13.4. The van der Waals surface area contributed by atoms with Crippen molar-refractivity contribution in [1.29, 1.82) is 0 Å². The second-order valence-corrected chi connectivity index (χ2v) is 7.22. The van der Waals surface area contributed by atoms with Crippen LogP contribution in [0.1, 0.15) is 35.4 Å². The molecule has 1 atom stereocenters. The second-order valence-electron chi connectivity index (χ2n) is 7.22. The van der Waals surface area contributed by atoms with Gasteiger partial charge in [-0.05, 0) is 44.9 Å². The van der Waals surface area contributed by atoms with Crippen molar-refractivity contribution in [1.82, 2.24) is 15.3 Å². The van der Waals surface area contributed by atoms with Gasteiger partial charge in [0.15, 0.2) is 0 Å². The highest BCUT2D eigenvalue weighted by Crippen LogP contribution is 2.35. The number of hydrazone groups is 1. The van der Waals surface area contributed by atoms with Crippen LogP contribution in [-0.4, -0.2) is 41.9 Å². The Morgan fingerprint density at radius 1 is 1.26 bits per heavy atom. The van der Waals surface area contributed by atoms with Crippen LogP contribution in [0.3, 0.4) is 0 Å². The third-order valence-corrected chi connectivity index (χ3v) is 5.01. The molecule has 0 bridgehead atoms. The van der Waals surface area contributed by atoms with Crippen molar-refractivity contribution in [3.05, 3.63) is 52.8 Å². The van der Waals surface area contributed by atoms with Gasteiger partial charge in [0.25, 0.3) is 0 Å². The summed E-state index contributed by atoms with van der Waals surface area (Å²) in [7, 11) is 0. The first kappa shape index (κ1) is 22.5. The molecule has 1 aromatic heterocycles. The molecule has 2 aromatic rings. The Balaban J connectivity index is 1.69. The third kappa shape index (κ3) is 5.32. The molecule has 7 nitrogen and oxygen atoms in total. The third-order valence-electron chi connectivity index (χ3n) is 5.01. The Kier molecular flexibility index (Phi) is 6.79. The van der Waals surface area contributed by atoms with Crippen molar-refractivity contribution in [2.45, 2.75) is 39.0 Å². The summed E-state index contributed by atoms with van der Waals surface area (Å²) in [5.41, 5.74) is 2.96. The minimum atomic E-state index is -4.50. The lowest BCUT2D eigenvalue weighted by Gasteiger charge is -2.16. The van der Waals surface area contributed by atoms with E-state index in [2.05, 4.69) is 15.8 Å². The predicted octanol–water partition coefficient (Wildman–Crippen LogP) is 2.86. The van der Waals surface area contributed by atoms with Gasteiger partial charge in [-0.25, -0.2) is 5.43 Å². The maximum Gasteiger partial charge on any atom is 0.418 e. The van der Waals surface area contributed by atoms with E-state index in [9.17, 15) is 22.8 Å². The number of hydrogen-bond donors (Lipinski definition) is 2. The highest BCUT2D eigenvalue weighted by molar-refractivity contribution is 6.35. The molecule has 1 aliphatic rings. The molecule has 2 heterocycles. The Morgan fingerprint density at radius 2 is 2.00 bits per heavy atom. The number of hydrogen-bond acceptors (Lipinski definition) is 4. The molecule has 2 N–H and O–H groups in total. The van der Waals surface area contributed by atoms with Crippen LogP contribution in [0.5, 0.6) is 0 Å². The Labute approximate surface area is 177 Å². The molecule has 3 rings (SSSR count). The van der Waals surface area contributed by atoms with Crippen molar-refractivity contribution in [2.75, 3.05) is 13.2 Å². The van der Waals surface area contributed by atoms with Crippen LogP contribution in [0.2, 0.25) is 0 Å². The van der Waals surface area contributed by atoms with Crippen molar-refractivity contribution in [3.63, 3.8) is 0 Å². The van der Waals surface area contributed by atoms with E-state index in [1.165, 1.54) is 29.0 Å². The summed E-state index contributed by atoms with van der Waals surface area (Å²) in [6.07, 6.45) is -1.56. The summed E-state index contributed by atoms with van der Waals surface area (Å²) in [5.74, 6) is -1.78. The van der Waals surface area contributed by atoms with E-state index < -0.39 is 23.6 Å². The highest BCUT2D eigenvalue weighted by atomic mass is 19.4. The molecule has 0 saturated carbocycles. The van der Waals surface area contributed by atoms with Gasteiger partial charge in [-0.2, -0.15) is 18.3 Å². The van der Waals surface area contributed by atoms with Crippen molar-refractivity contribution in [2.24, 2.45) is 5.10 Å². The van der Waals surface area contributed by atoms with E-state index in [4.69, 9.17) is 4.74 Å². The minimum Gasteiger partial charge on any atom is -0.376 e. The van der Waals surface area contributed by atoms with Gasteiger partial charge in [0, 0.05) is 30.1 Å². The molecule has 0 aliphatic carbocycles.